The second-order valence-electron chi connectivity index (χ2n) is 5.76. The monoisotopic (exact) mass is 294 g/mol. The minimum atomic E-state index is -1.13. The molecule has 7 nitrogen and oxygen atoms in total. The lowest BCUT2D eigenvalue weighted by molar-refractivity contribution is -0.146. The van der Waals surface area contributed by atoms with Crippen LogP contribution in [0, 0.1) is 5.92 Å². The molecule has 116 valence electrons. The van der Waals surface area contributed by atoms with Crippen molar-refractivity contribution in [1.82, 2.24) is 20.6 Å². The third-order valence-corrected chi connectivity index (χ3v) is 3.96. The molecule has 0 saturated heterocycles. The fourth-order valence-electron chi connectivity index (χ4n) is 2.90. The number of carbonyl (C=O) groups excluding carboxylic acids is 1. The summed E-state index contributed by atoms with van der Waals surface area (Å²) in [6.45, 7) is 2.43. The molecule has 0 bridgehead atoms. The van der Waals surface area contributed by atoms with E-state index in [1.54, 1.807) is 12.4 Å². The Morgan fingerprint density at radius 2 is 2.38 bits per heavy atom. The Balaban J connectivity index is 1.85. The Bertz CT molecular complexity index is 488. The first kappa shape index (κ1) is 15.3. The van der Waals surface area contributed by atoms with Gasteiger partial charge in [0.1, 0.15) is 11.4 Å². The first-order valence-electron chi connectivity index (χ1n) is 7.29. The van der Waals surface area contributed by atoms with Crippen LogP contribution in [0.25, 0.3) is 0 Å². The van der Waals surface area contributed by atoms with Gasteiger partial charge in [-0.3, -0.25) is 0 Å². The molecule has 1 aromatic rings. The molecule has 21 heavy (non-hydrogen) atoms. The number of aliphatic carboxylic acids is 1. The van der Waals surface area contributed by atoms with Crippen molar-refractivity contribution in [2.75, 3.05) is 6.54 Å². The molecule has 4 N–H and O–H groups in total. The second-order valence-corrected chi connectivity index (χ2v) is 5.76. The molecule has 2 atom stereocenters. The highest BCUT2D eigenvalue weighted by Gasteiger charge is 2.43. The maximum Gasteiger partial charge on any atom is 0.329 e. The van der Waals surface area contributed by atoms with E-state index < -0.39 is 17.5 Å². The van der Waals surface area contributed by atoms with E-state index >= 15 is 0 Å². The smallest absolute Gasteiger partial charge is 0.329 e. The van der Waals surface area contributed by atoms with Crippen LogP contribution in [0.3, 0.4) is 0 Å². The van der Waals surface area contributed by atoms with Crippen molar-refractivity contribution in [2.45, 2.75) is 44.6 Å². The van der Waals surface area contributed by atoms with Crippen molar-refractivity contribution < 1.29 is 14.7 Å². The number of rotatable bonds is 5. The highest BCUT2D eigenvalue weighted by Crippen LogP contribution is 2.32. The van der Waals surface area contributed by atoms with Gasteiger partial charge < -0.3 is 20.7 Å². The summed E-state index contributed by atoms with van der Waals surface area (Å²) in [6, 6.07) is -0.432. The molecule has 1 aliphatic carbocycles. The Morgan fingerprint density at radius 3 is 3.00 bits per heavy atom. The van der Waals surface area contributed by atoms with Gasteiger partial charge >= 0.3 is 12.0 Å². The third kappa shape index (κ3) is 3.96. The van der Waals surface area contributed by atoms with Crippen LogP contribution < -0.4 is 10.6 Å². The first-order valence-corrected chi connectivity index (χ1v) is 7.29. The van der Waals surface area contributed by atoms with Gasteiger partial charge in [0.2, 0.25) is 0 Å². The van der Waals surface area contributed by atoms with Gasteiger partial charge in [-0.1, -0.05) is 19.8 Å². The summed E-state index contributed by atoms with van der Waals surface area (Å²) in [5.74, 6) is 0.142. The van der Waals surface area contributed by atoms with Crippen LogP contribution in [0.2, 0.25) is 0 Å². The molecule has 1 heterocycles. The predicted octanol–water partition coefficient (Wildman–Crippen LogP) is 1.28. The van der Waals surface area contributed by atoms with Crippen molar-refractivity contribution in [3.05, 3.63) is 18.2 Å². The lowest BCUT2D eigenvalue weighted by Gasteiger charge is -2.36. The van der Waals surface area contributed by atoms with Crippen LogP contribution in [-0.2, 0) is 11.2 Å². The molecule has 1 aromatic heterocycles. The van der Waals surface area contributed by atoms with Crippen molar-refractivity contribution in [3.63, 3.8) is 0 Å². The van der Waals surface area contributed by atoms with Gasteiger partial charge in [0.15, 0.2) is 0 Å². The number of aromatic nitrogens is 2. The van der Waals surface area contributed by atoms with E-state index in [2.05, 4.69) is 20.6 Å². The minimum Gasteiger partial charge on any atom is -0.480 e. The molecule has 0 radical (unpaired) electrons. The van der Waals surface area contributed by atoms with E-state index in [1.165, 1.54) is 0 Å². The number of H-pyrrole nitrogens is 1. The summed E-state index contributed by atoms with van der Waals surface area (Å²) in [7, 11) is 0. The topological polar surface area (TPSA) is 107 Å². The van der Waals surface area contributed by atoms with Gasteiger partial charge in [-0.25, -0.2) is 14.6 Å². The first-order chi connectivity index (χ1) is 10.0. The zero-order valence-electron chi connectivity index (χ0n) is 12.2. The van der Waals surface area contributed by atoms with Gasteiger partial charge in [0.05, 0.1) is 0 Å². The number of carboxylic acid groups (broad SMARTS) is 1. The normalized spacial score (nSPS) is 25.3. The van der Waals surface area contributed by atoms with E-state index in [-0.39, 0.29) is 0 Å². The molecule has 2 unspecified atom stereocenters. The molecular formula is C14H22N4O3. The molecule has 1 aliphatic rings. The van der Waals surface area contributed by atoms with Gasteiger partial charge in [-0.15, -0.1) is 0 Å². The van der Waals surface area contributed by atoms with Crippen molar-refractivity contribution >= 4 is 12.0 Å². The summed E-state index contributed by atoms with van der Waals surface area (Å²) in [5, 5.41) is 14.8. The number of urea groups is 1. The second kappa shape index (κ2) is 6.60. The highest BCUT2D eigenvalue weighted by molar-refractivity contribution is 5.86. The summed E-state index contributed by atoms with van der Waals surface area (Å²) >= 11 is 0. The van der Waals surface area contributed by atoms with Crippen molar-refractivity contribution in [2.24, 2.45) is 5.92 Å². The van der Waals surface area contributed by atoms with Crippen LogP contribution in [0.15, 0.2) is 12.4 Å². The van der Waals surface area contributed by atoms with Gasteiger partial charge in [0, 0.05) is 25.4 Å². The standard InChI is InChI=1S/C14H22N4O3/c1-10-3-2-5-14(9-10,12(19)20)18-13(21)17-6-4-11-15-7-8-16-11/h7-8,10H,2-6,9H2,1H3,(H,15,16)(H,19,20)(H2,17,18,21). The largest absolute Gasteiger partial charge is 0.480 e. The number of nitrogens with zero attached hydrogens (tertiary/aromatic N) is 1. The summed E-state index contributed by atoms with van der Waals surface area (Å²) in [4.78, 5) is 30.5. The highest BCUT2D eigenvalue weighted by atomic mass is 16.4. The molecule has 1 saturated carbocycles. The third-order valence-electron chi connectivity index (χ3n) is 3.96. The fourth-order valence-corrected chi connectivity index (χ4v) is 2.90. The fraction of sp³-hybridized carbons (Fsp3) is 0.643. The van der Waals surface area contributed by atoms with E-state index in [9.17, 15) is 14.7 Å². The molecule has 1 fully saturated rings. The van der Waals surface area contributed by atoms with Crippen molar-refractivity contribution in [1.29, 1.82) is 0 Å². The molecule has 2 rings (SSSR count). The molecule has 0 aliphatic heterocycles. The molecule has 2 amide bonds. The molecule has 0 spiro atoms. The van der Waals surface area contributed by atoms with Gasteiger partial charge in [0.25, 0.3) is 0 Å². The van der Waals surface area contributed by atoms with Crippen LogP contribution in [0.5, 0.6) is 0 Å². The number of amides is 2. The number of aromatic amines is 1. The van der Waals surface area contributed by atoms with E-state index in [4.69, 9.17) is 0 Å². The quantitative estimate of drug-likeness (QED) is 0.656. The maximum absolute atomic E-state index is 11.9. The van der Waals surface area contributed by atoms with E-state index in [0.29, 0.717) is 31.7 Å². The number of nitrogens with one attached hydrogen (secondary N) is 3. The predicted molar refractivity (Wildman–Crippen MR) is 76.8 cm³/mol. The SMILES string of the molecule is CC1CCCC(NC(=O)NCCc2ncc[nH]2)(C(=O)O)C1. The number of carboxylic acids is 1. The Kier molecular flexibility index (Phi) is 4.82. The van der Waals surface area contributed by atoms with Crippen LogP contribution >= 0.6 is 0 Å². The lowest BCUT2D eigenvalue weighted by atomic mass is 9.76. The summed E-state index contributed by atoms with van der Waals surface area (Å²) in [5.41, 5.74) is -1.13. The number of imidazole rings is 1. The number of hydrogen-bond acceptors (Lipinski definition) is 3. The zero-order valence-corrected chi connectivity index (χ0v) is 12.2. The van der Waals surface area contributed by atoms with E-state index in [0.717, 1.165) is 18.7 Å². The average Bonchev–Trinajstić information content (AvgIpc) is 2.91. The zero-order chi connectivity index (χ0) is 15.3. The van der Waals surface area contributed by atoms with Crippen molar-refractivity contribution in [3.8, 4) is 0 Å². The molecular weight excluding hydrogens is 272 g/mol. The summed E-state index contributed by atoms with van der Waals surface area (Å²) < 4.78 is 0. The number of carbonyl (C=O) groups is 2. The van der Waals surface area contributed by atoms with Gasteiger partial charge in [-0.05, 0) is 18.8 Å². The average molecular weight is 294 g/mol. The van der Waals surface area contributed by atoms with Crippen LogP contribution in [0.4, 0.5) is 4.79 Å². The minimum absolute atomic E-state index is 0.304. The lowest BCUT2D eigenvalue weighted by Crippen LogP contribution is -2.59. The Hall–Kier alpha value is -2.05. The van der Waals surface area contributed by atoms with Crippen LogP contribution in [0.1, 0.15) is 38.4 Å². The Labute approximate surface area is 123 Å². The Morgan fingerprint density at radius 1 is 1.57 bits per heavy atom. The summed E-state index contributed by atoms with van der Waals surface area (Å²) in [6.07, 6.45) is 6.75. The number of hydrogen-bond donors (Lipinski definition) is 4. The molecule has 0 aromatic carbocycles. The van der Waals surface area contributed by atoms with Crippen LogP contribution in [-0.4, -0.2) is 39.2 Å². The molecule has 7 heteroatoms. The van der Waals surface area contributed by atoms with Gasteiger partial charge in [-0.2, -0.15) is 0 Å². The maximum atomic E-state index is 11.9. The van der Waals surface area contributed by atoms with E-state index in [1.807, 2.05) is 6.92 Å².